The van der Waals surface area contributed by atoms with Crippen molar-refractivity contribution in [3.05, 3.63) is 52.6 Å². The fourth-order valence-corrected chi connectivity index (χ4v) is 5.47. The van der Waals surface area contributed by atoms with E-state index in [1.54, 1.807) is 0 Å². The van der Waals surface area contributed by atoms with Gasteiger partial charge in [-0.25, -0.2) is 4.79 Å². The highest BCUT2D eigenvalue weighted by Crippen LogP contribution is 2.45. The number of aliphatic carboxylic acids is 1. The van der Waals surface area contributed by atoms with E-state index in [0.717, 1.165) is 59.2 Å². The third-order valence-corrected chi connectivity index (χ3v) is 7.05. The van der Waals surface area contributed by atoms with Gasteiger partial charge in [0.2, 0.25) is 5.91 Å². The zero-order chi connectivity index (χ0) is 24.6. The van der Waals surface area contributed by atoms with Gasteiger partial charge in [-0.1, -0.05) is 49.1 Å². The number of fused-ring (bicyclic) bond motifs is 1. The number of rotatable bonds is 5. The first-order valence-electron chi connectivity index (χ1n) is 12.5. The van der Waals surface area contributed by atoms with Crippen molar-refractivity contribution in [3.8, 4) is 11.1 Å². The number of ether oxygens (including phenoxy) is 1. The standard InChI is InChI=1S/C29H37NO4/c1-18-11-13-20(14-12-18)25-22-15-16-30(27(31)21-9-7-6-8-10-21)23(22)17-19(2)24(25)26(28(32)33)34-29(3,4)5/h11-14,17,21,26H,6-10,15-16H2,1-5H3,(H,32,33). The second kappa shape index (κ2) is 9.53. The molecule has 5 nitrogen and oxygen atoms in total. The number of nitrogens with zero attached hydrogens (tertiary/aromatic N) is 1. The van der Waals surface area contributed by atoms with E-state index in [9.17, 15) is 14.7 Å². The molecule has 0 bridgehead atoms. The van der Waals surface area contributed by atoms with Gasteiger partial charge in [0.25, 0.3) is 0 Å². The van der Waals surface area contributed by atoms with Gasteiger partial charge in [-0.3, -0.25) is 4.79 Å². The molecule has 0 spiro atoms. The van der Waals surface area contributed by atoms with E-state index in [2.05, 4.69) is 12.1 Å². The van der Waals surface area contributed by atoms with Crippen LogP contribution in [0.25, 0.3) is 11.1 Å². The molecule has 1 saturated carbocycles. The summed E-state index contributed by atoms with van der Waals surface area (Å²) in [6, 6.07) is 10.2. The summed E-state index contributed by atoms with van der Waals surface area (Å²) >= 11 is 0. The number of anilines is 1. The molecule has 4 rings (SSSR count). The van der Waals surface area contributed by atoms with Gasteiger partial charge in [0.15, 0.2) is 6.10 Å². The van der Waals surface area contributed by atoms with Gasteiger partial charge in [0.1, 0.15) is 0 Å². The molecule has 1 fully saturated rings. The molecule has 1 heterocycles. The van der Waals surface area contributed by atoms with Crippen LogP contribution in [0.15, 0.2) is 30.3 Å². The number of amides is 1. The summed E-state index contributed by atoms with van der Waals surface area (Å²) in [6.45, 7) is 10.3. The van der Waals surface area contributed by atoms with Crippen LogP contribution in [-0.2, 0) is 20.7 Å². The summed E-state index contributed by atoms with van der Waals surface area (Å²) in [7, 11) is 0. The maximum absolute atomic E-state index is 13.5. The number of carbonyl (C=O) groups excluding carboxylic acids is 1. The number of carboxylic acid groups (broad SMARTS) is 1. The topological polar surface area (TPSA) is 66.8 Å². The number of carboxylic acids is 1. The largest absolute Gasteiger partial charge is 0.479 e. The van der Waals surface area contributed by atoms with Crippen LogP contribution >= 0.6 is 0 Å². The van der Waals surface area contributed by atoms with Gasteiger partial charge in [-0.2, -0.15) is 0 Å². The van der Waals surface area contributed by atoms with Gasteiger partial charge in [-0.05, 0) is 82.2 Å². The summed E-state index contributed by atoms with van der Waals surface area (Å²) in [6.07, 6.45) is 5.00. The Morgan fingerprint density at radius 2 is 1.71 bits per heavy atom. The zero-order valence-electron chi connectivity index (χ0n) is 21.1. The molecule has 1 aliphatic heterocycles. The van der Waals surface area contributed by atoms with Crippen LogP contribution in [0.3, 0.4) is 0 Å². The average Bonchev–Trinajstić information content (AvgIpc) is 3.20. The van der Waals surface area contributed by atoms with Crippen molar-refractivity contribution < 1.29 is 19.4 Å². The molecule has 0 radical (unpaired) electrons. The minimum Gasteiger partial charge on any atom is -0.479 e. The minimum atomic E-state index is -1.09. The molecular formula is C29H37NO4. The normalized spacial score (nSPS) is 17.5. The Hall–Kier alpha value is -2.66. The maximum atomic E-state index is 13.5. The molecule has 34 heavy (non-hydrogen) atoms. The molecule has 1 atom stereocenters. The summed E-state index contributed by atoms with van der Waals surface area (Å²) < 4.78 is 6.10. The number of aryl methyl sites for hydroxylation is 2. The molecule has 0 saturated heterocycles. The number of hydrogen-bond donors (Lipinski definition) is 1. The summed E-state index contributed by atoms with van der Waals surface area (Å²) in [4.78, 5) is 27.9. The van der Waals surface area contributed by atoms with Crippen molar-refractivity contribution in [2.45, 2.75) is 84.8 Å². The molecule has 0 aromatic heterocycles. The zero-order valence-corrected chi connectivity index (χ0v) is 21.1. The Morgan fingerprint density at radius 1 is 1.06 bits per heavy atom. The number of benzene rings is 2. The lowest BCUT2D eigenvalue weighted by Crippen LogP contribution is -2.35. The van der Waals surface area contributed by atoms with Crippen LogP contribution in [0.1, 0.15) is 81.2 Å². The van der Waals surface area contributed by atoms with E-state index in [1.807, 2.05) is 57.7 Å². The van der Waals surface area contributed by atoms with Crippen LogP contribution in [-0.4, -0.2) is 29.1 Å². The number of hydrogen-bond acceptors (Lipinski definition) is 3. The van der Waals surface area contributed by atoms with Crippen molar-refractivity contribution in [2.75, 3.05) is 11.4 Å². The first-order chi connectivity index (χ1) is 16.1. The molecule has 2 aromatic carbocycles. The van der Waals surface area contributed by atoms with Crippen LogP contribution < -0.4 is 4.90 Å². The summed E-state index contributed by atoms with van der Waals surface area (Å²) in [5.41, 5.74) is 5.92. The fourth-order valence-electron chi connectivity index (χ4n) is 5.47. The maximum Gasteiger partial charge on any atom is 0.337 e. The van der Waals surface area contributed by atoms with E-state index < -0.39 is 17.7 Å². The van der Waals surface area contributed by atoms with Crippen molar-refractivity contribution in [1.82, 2.24) is 0 Å². The molecule has 1 N–H and O–H groups in total. The Bertz CT molecular complexity index is 1070. The van der Waals surface area contributed by atoms with E-state index in [0.29, 0.717) is 18.5 Å². The molecule has 2 aliphatic rings. The van der Waals surface area contributed by atoms with Gasteiger partial charge in [-0.15, -0.1) is 0 Å². The fraction of sp³-hybridized carbons (Fsp3) is 0.517. The van der Waals surface area contributed by atoms with E-state index in [4.69, 9.17) is 4.74 Å². The highest BCUT2D eigenvalue weighted by atomic mass is 16.5. The van der Waals surface area contributed by atoms with Gasteiger partial charge >= 0.3 is 5.97 Å². The van der Waals surface area contributed by atoms with Gasteiger partial charge in [0, 0.05) is 23.7 Å². The van der Waals surface area contributed by atoms with Crippen LogP contribution in [0, 0.1) is 19.8 Å². The molecule has 182 valence electrons. The molecule has 5 heteroatoms. The molecular weight excluding hydrogens is 426 g/mol. The first-order valence-corrected chi connectivity index (χ1v) is 12.5. The second-order valence-electron chi connectivity index (χ2n) is 10.9. The predicted molar refractivity (Wildman–Crippen MR) is 135 cm³/mol. The molecule has 1 amide bonds. The second-order valence-corrected chi connectivity index (χ2v) is 10.9. The van der Waals surface area contributed by atoms with E-state index in [1.165, 1.54) is 6.42 Å². The van der Waals surface area contributed by atoms with Crippen molar-refractivity contribution in [2.24, 2.45) is 5.92 Å². The Balaban J connectivity index is 1.88. The highest BCUT2D eigenvalue weighted by molar-refractivity contribution is 5.99. The third kappa shape index (κ3) is 4.90. The quantitative estimate of drug-likeness (QED) is 0.559. The van der Waals surface area contributed by atoms with Gasteiger partial charge in [0.05, 0.1) is 5.60 Å². The predicted octanol–water partition coefficient (Wildman–Crippen LogP) is 6.38. The average molecular weight is 464 g/mol. The first kappa shape index (κ1) is 24.5. The van der Waals surface area contributed by atoms with Gasteiger partial charge < -0.3 is 14.7 Å². The summed E-state index contributed by atoms with van der Waals surface area (Å²) in [5, 5.41) is 10.2. The van der Waals surface area contributed by atoms with Crippen molar-refractivity contribution in [3.63, 3.8) is 0 Å². The summed E-state index contributed by atoms with van der Waals surface area (Å²) in [5.74, 6) is -0.681. The SMILES string of the molecule is Cc1ccc(-c2c3c(cc(C)c2C(OC(C)(C)C)C(=O)O)N(C(=O)C2CCCCC2)CC3)cc1. The van der Waals surface area contributed by atoms with Crippen LogP contribution in [0.5, 0.6) is 0 Å². The van der Waals surface area contributed by atoms with Crippen LogP contribution in [0.2, 0.25) is 0 Å². The molecule has 2 aromatic rings. The lowest BCUT2D eigenvalue weighted by Gasteiger charge is -2.30. The Labute approximate surface area is 203 Å². The van der Waals surface area contributed by atoms with Crippen LogP contribution in [0.4, 0.5) is 5.69 Å². The van der Waals surface area contributed by atoms with E-state index in [-0.39, 0.29) is 11.8 Å². The van der Waals surface area contributed by atoms with E-state index >= 15 is 0 Å². The Kier molecular flexibility index (Phi) is 6.86. The minimum absolute atomic E-state index is 0.0958. The van der Waals surface area contributed by atoms with Crippen molar-refractivity contribution >= 4 is 17.6 Å². The molecule has 1 aliphatic carbocycles. The lowest BCUT2D eigenvalue weighted by molar-refractivity contribution is -0.160. The highest BCUT2D eigenvalue weighted by Gasteiger charge is 2.37. The lowest BCUT2D eigenvalue weighted by atomic mass is 9.86. The third-order valence-electron chi connectivity index (χ3n) is 7.05. The Morgan fingerprint density at radius 3 is 2.29 bits per heavy atom. The number of carbonyl (C=O) groups is 2. The monoisotopic (exact) mass is 463 g/mol. The molecule has 1 unspecified atom stereocenters. The van der Waals surface area contributed by atoms with Crippen molar-refractivity contribution in [1.29, 1.82) is 0 Å². The smallest absolute Gasteiger partial charge is 0.337 e.